The molecule has 0 fully saturated rings. The van der Waals surface area contributed by atoms with Gasteiger partial charge in [-0.3, -0.25) is 5.41 Å². The molecule has 1 aliphatic carbocycles. The smallest absolute Gasteiger partial charge is 0.127 e. The highest BCUT2D eigenvalue weighted by atomic mass is 15.1. The van der Waals surface area contributed by atoms with Gasteiger partial charge in [0.2, 0.25) is 0 Å². The standard InChI is InChI=1S/C12H18N2.C2H6/c1-4-14(3)12(13)11-7-5-6-10(2)8-9-11;1-2/h6-9,13H,4-5H2,1-3H3;1-2H3. The Morgan fingerprint density at radius 3 is 2.50 bits per heavy atom. The van der Waals surface area contributed by atoms with Gasteiger partial charge >= 0.3 is 0 Å². The minimum Gasteiger partial charge on any atom is -0.360 e. The molecule has 0 atom stereocenters. The molecule has 2 nitrogen and oxygen atoms in total. The van der Waals surface area contributed by atoms with Gasteiger partial charge in [0.25, 0.3) is 0 Å². The van der Waals surface area contributed by atoms with Crippen LogP contribution in [0.4, 0.5) is 0 Å². The highest BCUT2D eigenvalue weighted by molar-refractivity contribution is 5.98. The summed E-state index contributed by atoms with van der Waals surface area (Å²) in [5.41, 5.74) is 2.28. The average Bonchev–Trinajstić information content (AvgIpc) is 2.54. The number of nitrogens with one attached hydrogen (secondary N) is 1. The quantitative estimate of drug-likeness (QED) is 0.556. The first kappa shape index (κ1) is 14.7. The summed E-state index contributed by atoms with van der Waals surface area (Å²) in [5, 5.41) is 7.94. The van der Waals surface area contributed by atoms with Crippen molar-refractivity contribution in [1.82, 2.24) is 4.90 Å². The summed E-state index contributed by atoms with van der Waals surface area (Å²) in [4.78, 5) is 1.94. The molecular formula is C14H24N2. The maximum atomic E-state index is 7.94. The maximum Gasteiger partial charge on any atom is 0.127 e. The fourth-order valence-corrected chi connectivity index (χ4v) is 1.28. The van der Waals surface area contributed by atoms with Crippen LogP contribution in [0, 0.1) is 5.41 Å². The number of nitrogens with zero attached hydrogens (tertiary/aromatic N) is 1. The van der Waals surface area contributed by atoms with Crippen molar-refractivity contribution in [2.75, 3.05) is 13.6 Å². The van der Waals surface area contributed by atoms with Gasteiger partial charge in [0.05, 0.1) is 0 Å². The Hall–Kier alpha value is -1.31. The number of rotatable bonds is 2. The molecule has 0 bridgehead atoms. The van der Waals surface area contributed by atoms with Gasteiger partial charge in [-0.05, 0) is 20.3 Å². The molecule has 0 spiro atoms. The van der Waals surface area contributed by atoms with Crippen molar-refractivity contribution in [3.63, 3.8) is 0 Å². The molecule has 0 aromatic carbocycles. The number of allylic oxidation sites excluding steroid dienone is 4. The Bertz CT molecular complexity index is 309. The predicted molar refractivity (Wildman–Crippen MR) is 73.0 cm³/mol. The van der Waals surface area contributed by atoms with E-state index in [1.54, 1.807) is 0 Å². The molecule has 90 valence electrons. The molecule has 0 aromatic heterocycles. The predicted octanol–water partition coefficient (Wildman–Crippen LogP) is 3.77. The number of hydrogen-bond donors (Lipinski definition) is 1. The van der Waals surface area contributed by atoms with Crippen molar-refractivity contribution >= 4 is 5.84 Å². The second-order valence-corrected chi connectivity index (χ2v) is 3.54. The monoisotopic (exact) mass is 220 g/mol. The van der Waals surface area contributed by atoms with Crippen molar-refractivity contribution < 1.29 is 0 Å². The molecule has 2 heteroatoms. The Labute approximate surface area is 99.9 Å². The van der Waals surface area contributed by atoms with E-state index in [1.807, 2.05) is 31.9 Å². The highest BCUT2D eigenvalue weighted by Gasteiger charge is 2.06. The first-order chi connectivity index (χ1) is 7.65. The van der Waals surface area contributed by atoms with E-state index >= 15 is 0 Å². The number of hydrogen-bond acceptors (Lipinski definition) is 1. The van der Waals surface area contributed by atoms with Crippen LogP contribution in [0.15, 0.2) is 35.5 Å². The molecule has 0 saturated heterocycles. The summed E-state index contributed by atoms with van der Waals surface area (Å²) in [6.45, 7) is 9.01. The van der Waals surface area contributed by atoms with Crippen LogP contribution < -0.4 is 0 Å². The van der Waals surface area contributed by atoms with Gasteiger partial charge in [-0.1, -0.05) is 43.7 Å². The fourth-order valence-electron chi connectivity index (χ4n) is 1.28. The van der Waals surface area contributed by atoms with E-state index in [0.29, 0.717) is 5.84 Å². The Morgan fingerprint density at radius 1 is 1.31 bits per heavy atom. The topological polar surface area (TPSA) is 27.1 Å². The average molecular weight is 220 g/mol. The van der Waals surface area contributed by atoms with E-state index in [4.69, 9.17) is 5.41 Å². The lowest BCUT2D eigenvalue weighted by Crippen LogP contribution is -2.26. The van der Waals surface area contributed by atoms with E-state index in [2.05, 4.69) is 32.1 Å². The molecule has 0 heterocycles. The van der Waals surface area contributed by atoms with Crippen LogP contribution in [-0.2, 0) is 0 Å². The first-order valence-electron chi connectivity index (χ1n) is 6.00. The SMILES string of the molecule is CC.CCN(C)C(=N)C1=CCC=C(C)C=C1. The lowest BCUT2D eigenvalue weighted by Gasteiger charge is -2.18. The number of amidine groups is 1. The molecule has 0 amide bonds. The molecule has 1 rings (SSSR count). The largest absolute Gasteiger partial charge is 0.360 e. The Morgan fingerprint density at radius 2 is 1.94 bits per heavy atom. The summed E-state index contributed by atoms with van der Waals surface area (Å²) in [6, 6.07) is 0. The van der Waals surface area contributed by atoms with Crippen LogP contribution in [0.1, 0.15) is 34.1 Å². The fraction of sp³-hybridized carbons (Fsp3) is 0.500. The van der Waals surface area contributed by atoms with Crippen molar-refractivity contribution in [2.24, 2.45) is 0 Å². The van der Waals surface area contributed by atoms with E-state index in [-0.39, 0.29) is 0 Å². The zero-order valence-electron chi connectivity index (χ0n) is 11.2. The van der Waals surface area contributed by atoms with Gasteiger partial charge in [-0.15, -0.1) is 0 Å². The lowest BCUT2D eigenvalue weighted by atomic mass is 10.2. The van der Waals surface area contributed by atoms with Gasteiger partial charge in [0.15, 0.2) is 0 Å². The summed E-state index contributed by atoms with van der Waals surface area (Å²) in [7, 11) is 1.95. The van der Waals surface area contributed by atoms with E-state index in [0.717, 1.165) is 18.5 Å². The molecule has 0 aliphatic heterocycles. The van der Waals surface area contributed by atoms with Gasteiger partial charge in [0, 0.05) is 19.2 Å². The van der Waals surface area contributed by atoms with E-state index in [9.17, 15) is 0 Å². The minimum atomic E-state index is 0.604. The van der Waals surface area contributed by atoms with Gasteiger partial charge in [-0.2, -0.15) is 0 Å². The Kier molecular flexibility index (Phi) is 7.27. The summed E-state index contributed by atoms with van der Waals surface area (Å²) in [5.74, 6) is 0.604. The zero-order chi connectivity index (χ0) is 12.6. The van der Waals surface area contributed by atoms with Crippen molar-refractivity contribution in [1.29, 1.82) is 5.41 Å². The van der Waals surface area contributed by atoms with Crippen LogP contribution >= 0.6 is 0 Å². The minimum absolute atomic E-state index is 0.604. The van der Waals surface area contributed by atoms with Crippen LogP contribution in [0.5, 0.6) is 0 Å². The van der Waals surface area contributed by atoms with E-state index in [1.165, 1.54) is 5.57 Å². The van der Waals surface area contributed by atoms with E-state index < -0.39 is 0 Å². The zero-order valence-corrected chi connectivity index (χ0v) is 11.2. The third kappa shape index (κ3) is 4.47. The molecule has 16 heavy (non-hydrogen) atoms. The van der Waals surface area contributed by atoms with Crippen molar-refractivity contribution in [3.8, 4) is 0 Å². The first-order valence-corrected chi connectivity index (χ1v) is 6.00. The van der Waals surface area contributed by atoms with Crippen molar-refractivity contribution in [2.45, 2.75) is 34.1 Å². The second kappa shape index (κ2) is 7.91. The second-order valence-electron chi connectivity index (χ2n) is 3.54. The lowest BCUT2D eigenvalue weighted by molar-refractivity contribution is 0.532. The van der Waals surface area contributed by atoms with Gasteiger partial charge < -0.3 is 4.90 Å². The Balaban J connectivity index is 0.00000106. The van der Waals surface area contributed by atoms with Crippen LogP contribution in [0.25, 0.3) is 0 Å². The number of likely N-dealkylation sites (N-methyl/N-ethyl adjacent to an activating group) is 1. The molecule has 0 unspecified atom stereocenters. The summed E-state index contributed by atoms with van der Waals surface area (Å²) < 4.78 is 0. The third-order valence-corrected chi connectivity index (χ3v) is 2.43. The van der Waals surface area contributed by atoms with Gasteiger partial charge in [-0.25, -0.2) is 0 Å². The molecule has 1 N–H and O–H groups in total. The maximum absolute atomic E-state index is 7.94. The summed E-state index contributed by atoms with van der Waals surface area (Å²) >= 11 is 0. The summed E-state index contributed by atoms with van der Waals surface area (Å²) in [6.07, 6.45) is 9.28. The highest BCUT2D eigenvalue weighted by Crippen LogP contribution is 2.12. The normalized spacial score (nSPS) is 14.1. The molecule has 0 saturated carbocycles. The third-order valence-electron chi connectivity index (χ3n) is 2.43. The molecular weight excluding hydrogens is 196 g/mol. The van der Waals surface area contributed by atoms with Crippen LogP contribution in [-0.4, -0.2) is 24.3 Å². The molecule has 0 radical (unpaired) electrons. The van der Waals surface area contributed by atoms with Crippen LogP contribution in [0.3, 0.4) is 0 Å². The van der Waals surface area contributed by atoms with Gasteiger partial charge in [0.1, 0.15) is 5.84 Å². The van der Waals surface area contributed by atoms with Crippen molar-refractivity contribution in [3.05, 3.63) is 35.5 Å². The molecule has 0 aromatic rings. The van der Waals surface area contributed by atoms with Crippen LogP contribution in [0.2, 0.25) is 0 Å². The molecule has 1 aliphatic rings.